The van der Waals surface area contributed by atoms with Gasteiger partial charge in [0.15, 0.2) is 5.96 Å². The summed E-state index contributed by atoms with van der Waals surface area (Å²) < 4.78 is 30.1. The molecule has 1 aliphatic rings. The quantitative estimate of drug-likeness (QED) is 0.354. The minimum Gasteiger partial charge on any atom is -0.378 e. The van der Waals surface area contributed by atoms with Gasteiger partial charge in [0.1, 0.15) is 0 Å². The Kier molecular flexibility index (Phi) is 6.23. The Morgan fingerprint density at radius 1 is 1.36 bits per heavy atom. The van der Waals surface area contributed by atoms with Crippen molar-refractivity contribution in [3.8, 4) is 0 Å². The standard InChI is InChI=1S/C14H30N4O3S/c1-7-15-12(16-8-9-17-22(6,19)20)18-11-10-14(4,21-5)13(11,2)3/h11,17H,7-10H2,1-6H3,(H2,15,16,18). The molecule has 0 saturated heterocycles. The molecule has 7 nitrogen and oxygen atoms in total. The van der Waals surface area contributed by atoms with Crippen molar-refractivity contribution in [2.75, 3.05) is 33.0 Å². The number of methoxy groups -OCH3 is 1. The van der Waals surface area contributed by atoms with Crippen LogP contribution in [0.15, 0.2) is 4.99 Å². The molecule has 0 aromatic heterocycles. The summed E-state index contributed by atoms with van der Waals surface area (Å²) in [6.45, 7) is 9.89. The second-order valence-corrected chi connectivity index (χ2v) is 8.32. The number of nitrogens with one attached hydrogen (secondary N) is 3. The summed E-state index contributed by atoms with van der Waals surface area (Å²) in [6, 6.07) is 0.262. The Labute approximate surface area is 134 Å². The van der Waals surface area contributed by atoms with E-state index in [1.165, 1.54) is 0 Å². The number of rotatable bonds is 7. The van der Waals surface area contributed by atoms with E-state index in [9.17, 15) is 8.42 Å². The van der Waals surface area contributed by atoms with Crippen molar-refractivity contribution in [1.29, 1.82) is 0 Å². The zero-order valence-electron chi connectivity index (χ0n) is 14.5. The molecule has 2 unspecified atom stereocenters. The predicted molar refractivity (Wildman–Crippen MR) is 89.6 cm³/mol. The van der Waals surface area contributed by atoms with Crippen molar-refractivity contribution in [2.24, 2.45) is 10.4 Å². The first-order chi connectivity index (χ1) is 10.1. The summed E-state index contributed by atoms with van der Waals surface area (Å²) in [6.07, 6.45) is 2.05. The van der Waals surface area contributed by atoms with Crippen molar-refractivity contribution in [3.05, 3.63) is 0 Å². The molecule has 0 aromatic carbocycles. The fourth-order valence-corrected chi connectivity index (χ4v) is 3.07. The Bertz CT molecular complexity index is 504. The van der Waals surface area contributed by atoms with Gasteiger partial charge in [0, 0.05) is 31.7 Å². The fraction of sp³-hybridized carbons (Fsp3) is 0.929. The van der Waals surface area contributed by atoms with Crippen LogP contribution in [0.1, 0.15) is 34.1 Å². The maximum Gasteiger partial charge on any atom is 0.208 e. The molecule has 1 aliphatic carbocycles. The molecule has 1 saturated carbocycles. The van der Waals surface area contributed by atoms with Crippen LogP contribution in [0.5, 0.6) is 0 Å². The molecule has 0 radical (unpaired) electrons. The zero-order valence-corrected chi connectivity index (χ0v) is 15.3. The van der Waals surface area contributed by atoms with Crippen LogP contribution in [-0.4, -0.2) is 59.0 Å². The van der Waals surface area contributed by atoms with E-state index in [-0.39, 0.29) is 17.1 Å². The van der Waals surface area contributed by atoms with Gasteiger partial charge in [0.2, 0.25) is 10.0 Å². The van der Waals surface area contributed by atoms with Crippen LogP contribution < -0.4 is 15.4 Å². The molecule has 0 amide bonds. The molecule has 0 heterocycles. The maximum absolute atomic E-state index is 11.0. The summed E-state index contributed by atoms with van der Waals surface area (Å²) in [5.41, 5.74) is -0.150. The van der Waals surface area contributed by atoms with Crippen LogP contribution in [-0.2, 0) is 14.8 Å². The minimum absolute atomic E-state index is 0.0110. The first kappa shape index (κ1) is 19.2. The molecular weight excluding hydrogens is 304 g/mol. The largest absolute Gasteiger partial charge is 0.378 e. The number of nitrogens with zero attached hydrogens (tertiary/aromatic N) is 1. The third-order valence-electron chi connectivity index (χ3n) is 4.68. The molecule has 0 aliphatic heterocycles. The van der Waals surface area contributed by atoms with Gasteiger partial charge in [-0.3, -0.25) is 4.99 Å². The summed E-state index contributed by atoms with van der Waals surface area (Å²) >= 11 is 0. The van der Waals surface area contributed by atoms with Crippen LogP contribution >= 0.6 is 0 Å². The lowest BCUT2D eigenvalue weighted by Crippen LogP contribution is -2.69. The van der Waals surface area contributed by atoms with Gasteiger partial charge in [0.05, 0.1) is 18.4 Å². The number of hydrogen-bond acceptors (Lipinski definition) is 4. The summed E-state index contributed by atoms with van der Waals surface area (Å²) in [7, 11) is -1.42. The third-order valence-corrected chi connectivity index (χ3v) is 5.41. The minimum atomic E-state index is -3.16. The van der Waals surface area contributed by atoms with Gasteiger partial charge in [0.25, 0.3) is 0 Å². The zero-order chi connectivity index (χ0) is 17.0. The molecule has 1 rings (SSSR count). The molecule has 2 atom stereocenters. The lowest BCUT2D eigenvalue weighted by Gasteiger charge is -2.59. The number of guanidine groups is 1. The van der Waals surface area contributed by atoms with Gasteiger partial charge >= 0.3 is 0 Å². The molecular formula is C14H30N4O3S. The van der Waals surface area contributed by atoms with E-state index >= 15 is 0 Å². The van der Waals surface area contributed by atoms with E-state index in [0.717, 1.165) is 19.2 Å². The molecule has 8 heteroatoms. The average Bonchev–Trinajstić information content (AvgIpc) is 2.41. The molecule has 0 spiro atoms. The van der Waals surface area contributed by atoms with Crippen LogP contribution in [0.25, 0.3) is 0 Å². The van der Waals surface area contributed by atoms with Gasteiger partial charge in [-0.25, -0.2) is 13.1 Å². The Balaban J connectivity index is 2.58. The van der Waals surface area contributed by atoms with Gasteiger partial charge in [-0.1, -0.05) is 13.8 Å². The van der Waals surface area contributed by atoms with Crippen molar-refractivity contribution in [1.82, 2.24) is 15.4 Å². The second-order valence-electron chi connectivity index (χ2n) is 6.48. The van der Waals surface area contributed by atoms with Crippen molar-refractivity contribution >= 4 is 16.0 Å². The fourth-order valence-electron chi connectivity index (χ4n) is 2.61. The smallest absolute Gasteiger partial charge is 0.208 e. The van der Waals surface area contributed by atoms with Gasteiger partial charge < -0.3 is 15.4 Å². The predicted octanol–water partition coefficient (Wildman–Crippen LogP) is 0.294. The molecule has 0 bridgehead atoms. The lowest BCUT2D eigenvalue weighted by molar-refractivity contribution is -0.176. The normalized spacial score (nSPS) is 28.1. The number of hydrogen-bond donors (Lipinski definition) is 3. The van der Waals surface area contributed by atoms with E-state index in [1.807, 2.05) is 6.92 Å². The Morgan fingerprint density at radius 3 is 2.45 bits per heavy atom. The summed E-state index contributed by atoms with van der Waals surface area (Å²) in [5, 5.41) is 6.60. The highest BCUT2D eigenvalue weighted by Gasteiger charge is 2.58. The van der Waals surface area contributed by atoms with Crippen LogP contribution in [0.4, 0.5) is 0 Å². The van der Waals surface area contributed by atoms with E-state index in [0.29, 0.717) is 19.0 Å². The van der Waals surface area contributed by atoms with Crippen LogP contribution in [0, 0.1) is 5.41 Å². The average molecular weight is 334 g/mol. The van der Waals surface area contributed by atoms with Gasteiger partial charge in [-0.2, -0.15) is 0 Å². The summed E-state index contributed by atoms with van der Waals surface area (Å²) in [5.74, 6) is 0.703. The highest BCUT2D eigenvalue weighted by atomic mass is 32.2. The van der Waals surface area contributed by atoms with E-state index in [4.69, 9.17) is 4.74 Å². The van der Waals surface area contributed by atoms with Gasteiger partial charge in [-0.15, -0.1) is 0 Å². The highest BCUT2D eigenvalue weighted by Crippen LogP contribution is 2.51. The SMILES string of the molecule is CCNC(=NCCNS(C)(=O)=O)NC1CC(C)(OC)C1(C)C. The number of aliphatic imine (C=N–C) groups is 1. The van der Waals surface area contributed by atoms with Crippen LogP contribution in [0.3, 0.4) is 0 Å². The first-order valence-corrected chi connectivity index (χ1v) is 9.49. The van der Waals surface area contributed by atoms with Crippen molar-refractivity contribution < 1.29 is 13.2 Å². The monoisotopic (exact) mass is 334 g/mol. The van der Waals surface area contributed by atoms with Crippen molar-refractivity contribution in [3.63, 3.8) is 0 Å². The second kappa shape index (κ2) is 7.14. The molecule has 1 fully saturated rings. The molecule has 22 heavy (non-hydrogen) atoms. The van der Waals surface area contributed by atoms with E-state index < -0.39 is 10.0 Å². The van der Waals surface area contributed by atoms with Crippen LogP contribution in [0.2, 0.25) is 0 Å². The van der Waals surface area contributed by atoms with E-state index in [1.54, 1.807) is 7.11 Å². The highest BCUT2D eigenvalue weighted by molar-refractivity contribution is 7.88. The van der Waals surface area contributed by atoms with Crippen molar-refractivity contribution in [2.45, 2.75) is 45.8 Å². The molecule has 130 valence electrons. The van der Waals surface area contributed by atoms with Gasteiger partial charge in [-0.05, 0) is 20.3 Å². The first-order valence-electron chi connectivity index (χ1n) is 7.60. The topological polar surface area (TPSA) is 91.8 Å². The lowest BCUT2D eigenvalue weighted by atomic mass is 9.56. The molecule has 3 N–H and O–H groups in total. The molecule has 0 aromatic rings. The Morgan fingerprint density at radius 2 is 2.00 bits per heavy atom. The maximum atomic E-state index is 11.0. The Hall–Kier alpha value is -0.860. The third kappa shape index (κ3) is 4.57. The summed E-state index contributed by atoms with van der Waals surface area (Å²) in [4.78, 5) is 4.40. The number of sulfonamides is 1. The van der Waals surface area contributed by atoms with E-state index in [2.05, 4.69) is 41.1 Å². The number of ether oxygens (including phenoxy) is 1.